The van der Waals surface area contributed by atoms with Crippen molar-refractivity contribution in [2.75, 3.05) is 11.1 Å². The summed E-state index contributed by atoms with van der Waals surface area (Å²) in [5.41, 5.74) is -0.215. The van der Waals surface area contributed by atoms with Crippen LogP contribution >= 0.6 is 35.0 Å². The Morgan fingerprint density at radius 3 is 2.66 bits per heavy atom. The Balaban J connectivity index is 1.51. The molecule has 0 aliphatic heterocycles. The van der Waals surface area contributed by atoms with E-state index in [1.807, 2.05) is 0 Å². The second kappa shape index (κ2) is 9.59. The second-order valence-corrected chi connectivity index (χ2v) is 7.38. The fraction of sp³-hybridized carbons (Fsp3) is 0.118. The summed E-state index contributed by atoms with van der Waals surface area (Å²) in [6.45, 7) is 0.165. The van der Waals surface area contributed by atoms with Crippen LogP contribution in [0.15, 0.2) is 47.6 Å². The number of amides is 1. The van der Waals surface area contributed by atoms with Gasteiger partial charge < -0.3 is 10.1 Å². The lowest BCUT2D eigenvalue weighted by Crippen LogP contribution is -2.15. The average molecular weight is 454 g/mol. The van der Waals surface area contributed by atoms with Crippen LogP contribution in [0.1, 0.15) is 5.82 Å². The Morgan fingerprint density at radius 2 is 1.93 bits per heavy atom. The van der Waals surface area contributed by atoms with Crippen molar-refractivity contribution in [2.24, 2.45) is 0 Å². The highest BCUT2D eigenvalue weighted by Gasteiger charge is 2.17. The first-order valence-corrected chi connectivity index (χ1v) is 9.81. The highest BCUT2D eigenvalue weighted by atomic mass is 35.5. The molecule has 0 saturated heterocycles. The molecule has 0 aliphatic carbocycles. The summed E-state index contributed by atoms with van der Waals surface area (Å²) in [5.74, 6) is 0.638. The standard InChI is InChI=1S/C17H13Cl2N5O4S/c18-10-1-4-12(5-2-10)28-8-15-21-17(23-22-15)29-9-16(25)20-13-6-3-11(19)7-14(13)24(26)27/h1-7H,8-9H2,(H,20,25)(H,21,22,23). The first kappa shape index (κ1) is 20.9. The molecule has 9 nitrogen and oxygen atoms in total. The van der Waals surface area contributed by atoms with Gasteiger partial charge in [-0.2, -0.15) is 0 Å². The number of benzene rings is 2. The lowest BCUT2D eigenvalue weighted by Gasteiger charge is -2.05. The van der Waals surface area contributed by atoms with Gasteiger partial charge >= 0.3 is 0 Å². The van der Waals surface area contributed by atoms with E-state index in [0.717, 1.165) is 11.8 Å². The van der Waals surface area contributed by atoms with Gasteiger partial charge in [-0.15, -0.1) is 5.10 Å². The molecule has 0 atom stereocenters. The Morgan fingerprint density at radius 1 is 1.21 bits per heavy atom. The third kappa shape index (κ3) is 6.08. The number of aromatic nitrogens is 3. The molecule has 3 rings (SSSR count). The fourth-order valence-electron chi connectivity index (χ4n) is 2.17. The molecule has 1 aromatic heterocycles. The fourth-order valence-corrected chi connectivity index (χ4v) is 3.08. The van der Waals surface area contributed by atoms with Gasteiger partial charge in [-0.25, -0.2) is 4.98 Å². The number of aromatic amines is 1. The summed E-state index contributed by atoms with van der Waals surface area (Å²) in [6.07, 6.45) is 0. The quantitative estimate of drug-likeness (QED) is 0.295. The first-order valence-electron chi connectivity index (χ1n) is 8.07. The number of carbonyl (C=O) groups is 1. The number of rotatable bonds is 8. The Hall–Kier alpha value is -2.82. The first-order chi connectivity index (χ1) is 13.9. The lowest BCUT2D eigenvalue weighted by molar-refractivity contribution is -0.383. The zero-order valence-corrected chi connectivity index (χ0v) is 16.9. The molecule has 0 spiro atoms. The minimum Gasteiger partial charge on any atom is -0.486 e. The van der Waals surface area contributed by atoms with Gasteiger partial charge in [0.1, 0.15) is 18.0 Å². The minimum absolute atomic E-state index is 0.0326. The van der Waals surface area contributed by atoms with Gasteiger partial charge in [-0.1, -0.05) is 35.0 Å². The van der Waals surface area contributed by atoms with Crippen LogP contribution in [0, 0.1) is 10.1 Å². The van der Waals surface area contributed by atoms with Gasteiger partial charge in [-0.05, 0) is 36.4 Å². The molecule has 29 heavy (non-hydrogen) atoms. The summed E-state index contributed by atoms with van der Waals surface area (Å²) >= 11 is 12.6. The molecule has 2 N–H and O–H groups in total. The molecule has 0 aliphatic rings. The maximum absolute atomic E-state index is 12.1. The predicted octanol–water partition coefficient (Wildman–Crippen LogP) is 4.33. The summed E-state index contributed by atoms with van der Waals surface area (Å²) in [5, 5.41) is 21.4. The van der Waals surface area contributed by atoms with E-state index in [2.05, 4.69) is 20.5 Å². The molecular formula is C17H13Cl2N5O4S. The number of carbonyl (C=O) groups excluding carboxylic acids is 1. The van der Waals surface area contributed by atoms with Gasteiger partial charge in [0.15, 0.2) is 5.82 Å². The van der Waals surface area contributed by atoms with E-state index >= 15 is 0 Å². The van der Waals surface area contributed by atoms with Crippen LogP contribution in [0.3, 0.4) is 0 Å². The molecule has 0 saturated carbocycles. The van der Waals surface area contributed by atoms with Crippen molar-refractivity contribution in [1.82, 2.24) is 15.2 Å². The number of nitro groups is 1. The van der Waals surface area contributed by atoms with Gasteiger partial charge in [0, 0.05) is 16.1 Å². The van der Waals surface area contributed by atoms with Crippen molar-refractivity contribution in [3.05, 3.63) is 68.4 Å². The molecule has 0 bridgehead atoms. The van der Waals surface area contributed by atoms with E-state index in [9.17, 15) is 14.9 Å². The number of hydrogen-bond acceptors (Lipinski definition) is 7. The van der Waals surface area contributed by atoms with Crippen molar-refractivity contribution >= 4 is 52.2 Å². The molecule has 12 heteroatoms. The number of halogens is 2. The number of anilines is 1. The smallest absolute Gasteiger partial charge is 0.294 e. The maximum atomic E-state index is 12.1. The number of thioether (sulfide) groups is 1. The predicted molar refractivity (Wildman–Crippen MR) is 110 cm³/mol. The maximum Gasteiger partial charge on any atom is 0.294 e. The molecule has 1 amide bonds. The van der Waals surface area contributed by atoms with Crippen molar-refractivity contribution in [2.45, 2.75) is 11.8 Å². The van der Waals surface area contributed by atoms with E-state index in [1.165, 1.54) is 18.2 Å². The molecule has 150 valence electrons. The van der Waals surface area contributed by atoms with Gasteiger partial charge in [0.2, 0.25) is 11.1 Å². The molecule has 1 heterocycles. The van der Waals surface area contributed by atoms with Crippen LogP contribution < -0.4 is 10.1 Å². The summed E-state index contributed by atoms with van der Waals surface area (Å²) in [6, 6.07) is 10.9. The third-order valence-corrected chi connectivity index (χ3v) is 4.80. The molecule has 0 fully saturated rings. The third-order valence-electron chi connectivity index (χ3n) is 3.46. The molecule has 3 aromatic rings. The Kier molecular flexibility index (Phi) is 6.91. The lowest BCUT2D eigenvalue weighted by atomic mass is 10.2. The van der Waals surface area contributed by atoms with E-state index in [-0.39, 0.29) is 28.8 Å². The van der Waals surface area contributed by atoms with Gasteiger partial charge in [0.05, 0.1) is 10.7 Å². The van der Waals surface area contributed by atoms with Crippen molar-refractivity contribution < 1.29 is 14.5 Å². The molecule has 2 aromatic carbocycles. The van der Waals surface area contributed by atoms with Crippen LogP contribution in [-0.4, -0.2) is 31.8 Å². The van der Waals surface area contributed by atoms with E-state index in [1.54, 1.807) is 24.3 Å². The zero-order valence-electron chi connectivity index (χ0n) is 14.6. The highest BCUT2D eigenvalue weighted by Crippen LogP contribution is 2.28. The number of ether oxygens (including phenoxy) is 1. The average Bonchev–Trinajstić information content (AvgIpc) is 3.15. The monoisotopic (exact) mass is 453 g/mol. The Labute approximate surface area is 178 Å². The van der Waals surface area contributed by atoms with Crippen molar-refractivity contribution in [3.63, 3.8) is 0 Å². The van der Waals surface area contributed by atoms with E-state index in [4.69, 9.17) is 27.9 Å². The van der Waals surface area contributed by atoms with E-state index < -0.39 is 10.8 Å². The van der Waals surface area contributed by atoms with Gasteiger partial charge in [-0.3, -0.25) is 20.0 Å². The van der Waals surface area contributed by atoms with Crippen LogP contribution in [0.4, 0.5) is 11.4 Å². The SMILES string of the molecule is O=C(CSc1n[nH]c(COc2ccc(Cl)cc2)n1)Nc1ccc(Cl)cc1[N+](=O)[O-]. The molecule has 0 unspecified atom stereocenters. The van der Waals surface area contributed by atoms with Crippen molar-refractivity contribution in [1.29, 1.82) is 0 Å². The number of nitrogens with one attached hydrogen (secondary N) is 2. The number of nitrogens with zero attached hydrogens (tertiary/aromatic N) is 3. The number of nitro benzene ring substituents is 1. The second-order valence-electron chi connectivity index (χ2n) is 5.56. The highest BCUT2D eigenvalue weighted by molar-refractivity contribution is 7.99. The van der Waals surface area contributed by atoms with Crippen molar-refractivity contribution in [3.8, 4) is 5.75 Å². The van der Waals surface area contributed by atoms with Crippen LogP contribution in [0.25, 0.3) is 0 Å². The van der Waals surface area contributed by atoms with Crippen LogP contribution in [-0.2, 0) is 11.4 Å². The van der Waals surface area contributed by atoms with E-state index in [0.29, 0.717) is 21.8 Å². The molecular weight excluding hydrogens is 441 g/mol. The minimum atomic E-state index is -0.614. The normalized spacial score (nSPS) is 10.6. The van der Waals surface area contributed by atoms with Crippen LogP contribution in [0.5, 0.6) is 5.75 Å². The van der Waals surface area contributed by atoms with Gasteiger partial charge in [0.25, 0.3) is 5.69 Å². The number of H-pyrrole nitrogens is 1. The number of hydrogen-bond donors (Lipinski definition) is 2. The summed E-state index contributed by atoms with van der Waals surface area (Å²) in [7, 11) is 0. The summed E-state index contributed by atoms with van der Waals surface area (Å²) < 4.78 is 5.55. The van der Waals surface area contributed by atoms with Crippen LogP contribution in [0.2, 0.25) is 10.0 Å². The Bertz CT molecular complexity index is 1030. The zero-order chi connectivity index (χ0) is 20.8. The largest absolute Gasteiger partial charge is 0.486 e. The topological polar surface area (TPSA) is 123 Å². The molecule has 0 radical (unpaired) electrons. The summed E-state index contributed by atoms with van der Waals surface area (Å²) in [4.78, 5) is 26.8.